The van der Waals surface area contributed by atoms with Gasteiger partial charge in [0.05, 0.1) is 0 Å². The Balaban J connectivity index is 2.80. The van der Waals surface area contributed by atoms with Crippen LogP contribution in [0, 0.1) is 19.8 Å². The Hall–Kier alpha value is -1.61. The van der Waals surface area contributed by atoms with Crippen molar-refractivity contribution < 1.29 is 22.5 Å². The molecule has 1 rings (SSSR count). The zero-order valence-electron chi connectivity index (χ0n) is 16.0. The van der Waals surface area contributed by atoms with Gasteiger partial charge in [0.15, 0.2) is 5.76 Å². The molecule has 0 spiro atoms. The summed E-state index contributed by atoms with van der Waals surface area (Å²) in [5.41, 5.74) is -0.326. The first-order valence-corrected chi connectivity index (χ1v) is 9.72. The lowest BCUT2D eigenvalue weighted by molar-refractivity contribution is 0.0499. The fourth-order valence-electron chi connectivity index (χ4n) is 2.38. The van der Waals surface area contributed by atoms with Crippen LogP contribution in [0.4, 0.5) is 4.79 Å². The highest BCUT2D eigenvalue weighted by Crippen LogP contribution is 2.18. The number of rotatable bonds is 7. The van der Waals surface area contributed by atoms with Crippen molar-refractivity contribution >= 4 is 16.1 Å². The second-order valence-electron chi connectivity index (χ2n) is 7.48. The number of ether oxygens (including phenoxy) is 1. The van der Waals surface area contributed by atoms with Crippen LogP contribution in [0.15, 0.2) is 9.42 Å². The lowest BCUT2D eigenvalue weighted by Crippen LogP contribution is -2.46. The molecule has 1 heterocycles. The first-order chi connectivity index (χ1) is 11.3. The van der Waals surface area contributed by atoms with Crippen LogP contribution in [0.5, 0.6) is 0 Å². The van der Waals surface area contributed by atoms with E-state index >= 15 is 0 Å². The van der Waals surface area contributed by atoms with Gasteiger partial charge in [-0.05, 0) is 47.0 Å². The number of hydrogen-bond donors (Lipinski definition) is 2. The number of aryl methyl sites for hydroxylation is 2. The van der Waals surface area contributed by atoms with Crippen LogP contribution < -0.4 is 10.0 Å². The van der Waals surface area contributed by atoms with Crippen molar-refractivity contribution in [2.24, 2.45) is 5.92 Å². The van der Waals surface area contributed by atoms with Gasteiger partial charge in [0.1, 0.15) is 16.2 Å². The maximum absolute atomic E-state index is 12.5. The third kappa shape index (κ3) is 7.03. The number of hydrogen-bond acceptors (Lipinski definition) is 6. The van der Waals surface area contributed by atoms with Crippen molar-refractivity contribution in [2.75, 3.05) is 6.54 Å². The van der Waals surface area contributed by atoms with Crippen molar-refractivity contribution in [3.63, 3.8) is 0 Å². The normalized spacial score (nSPS) is 13.8. The molecular formula is C16H29N3O5S. The van der Waals surface area contributed by atoms with Gasteiger partial charge in [-0.25, -0.2) is 17.9 Å². The molecule has 0 saturated heterocycles. The lowest BCUT2D eigenvalue weighted by atomic mass is 10.0. The van der Waals surface area contributed by atoms with Crippen LogP contribution in [0.1, 0.15) is 52.5 Å². The van der Waals surface area contributed by atoms with Gasteiger partial charge >= 0.3 is 6.09 Å². The molecular weight excluding hydrogens is 346 g/mol. The van der Waals surface area contributed by atoms with Crippen LogP contribution in [-0.2, 0) is 14.8 Å². The molecule has 0 aromatic carbocycles. The zero-order valence-corrected chi connectivity index (χ0v) is 16.8. The third-order valence-electron chi connectivity index (χ3n) is 3.23. The van der Waals surface area contributed by atoms with E-state index in [-0.39, 0.29) is 23.1 Å². The highest BCUT2D eigenvalue weighted by molar-refractivity contribution is 7.89. The summed E-state index contributed by atoms with van der Waals surface area (Å²) in [6.45, 7) is 12.4. The average molecular weight is 375 g/mol. The molecule has 0 unspecified atom stereocenters. The molecule has 0 fully saturated rings. The molecule has 1 atom stereocenters. The Morgan fingerprint density at radius 1 is 1.28 bits per heavy atom. The van der Waals surface area contributed by atoms with E-state index in [1.54, 1.807) is 34.6 Å². The summed E-state index contributed by atoms with van der Waals surface area (Å²) in [7, 11) is -3.78. The SMILES string of the molecule is Cc1noc(C)c1S(=O)(=O)NC[C@H](CC(C)C)NC(=O)OC(C)(C)C. The van der Waals surface area contributed by atoms with E-state index in [4.69, 9.17) is 9.26 Å². The number of aromatic nitrogens is 1. The van der Waals surface area contributed by atoms with Crippen LogP contribution in [0.25, 0.3) is 0 Å². The fourth-order valence-corrected chi connectivity index (χ4v) is 3.78. The maximum atomic E-state index is 12.5. The topological polar surface area (TPSA) is 111 Å². The Bertz CT molecular complexity index is 670. The number of carbonyl (C=O) groups is 1. The van der Waals surface area contributed by atoms with Gasteiger partial charge in [-0.3, -0.25) is 0 Å². The molecule has 0 bridgehead atoms. The minimum absolute atomic E-state index is 0.0352. The van der Waals surface area contributed by atoms with Crippen LogP contribution in [0.3, 0.4) is 0 Å². The van der Waals surface area contributed by atoms with Gasteiger partial charge in [-0.1, -0.05) is 19.0 Å². The number of nitrogens with zero attached hydrogens (tertiary/aromatic N) is 1. The minimum Gasteiger partial charge on any atom is -0.444 e. The van der Waals surface area contributed by atoms with E-state index in [1.807, 2.05) is 13.8 Å². The maximum Gasteiger partial charge on any atom is 0.407 e. The van der Waals surface area contributed by atoms with E-state index < -0.39 is 27.8 Å². The second kappa shape index (κ2) is 8.18. The number of amides is 1. The van der Waals surface area contributed by atoms with Crippen molar-refractivity contribution in [1.29, 1.82) is 0 Å². The van der Waals surface area contributed by atoms with Crippen molar-refractivity contribution in [3.05, 3.63) is 11.5 Å². The Labute approximate surface area is 149 Å². The molecule has 2 N–H and O–H groups in total. The quantitative estimate of drug-likeness (QED) is 0.757. The molecule has 8 nitrogen and oxygen atoms in total. The Kier molecular flexibility index (Phi) is 7.01. The summed E-state index contributed by atoms with van der Waals surface area (Å²) in [5.74, 6) is 0.494. The molecule has 25 heavy (non-hydrogen) atoms. The summed E-state index contributed by atoms with van der Waals surface area (Å²) < 4.78 is 37.6. The number of nitrogens with one attached hydrogen (secondary N) is 2. The second-order valence-corrected chi connectivity index (χ2v) is 9.18. The van der Waals surface area contributed by atoms with Crippen molar-refractivity contribution in [1.82, 2.24) is 15.2 Å². The smallest absolute Gasteiger partial charge is 0.407 e. The minimum atomic E-state index is -3.78. The number of alkyl carbamates (subject to hydrolysis) is 1. The van der Waals surface area contributed by atoms with E-state index in [0.717, 1.165) is 0 Å². The average Bonchev–Trinajstić information content (AvgIpc) is 2.73. The van der Waals surface area contributed by atoms with Gasteiger partial charge < -0.3 is 14.6 Å². The molecule has 0 aliphatic carbocycles. The Morgan fingerprint density at radius 3 is 2.32 bits per heavy atom. The first-order valence-electron chi connectivity index (χ1n) is 8.24. The van der Waals surface area contributed by atoms with Crippen LogP contribution in [-0.4, -0.2) is 37.9 Å². The van der Waals surface area contributed by atoms with E-state index in [1.165, 1.54) is 0 Å². The molecule has 0 aliphatic rings. The summed E-state index contributed by atoms with van der Waals surface area (Å²) in [5, 5.41) is 6.39. The molecule has 144 valence electrons. The summed E-state index contributed by atoms with van der Waals surface area (Å²) in [4.78, 5) is 12.0. The largest absolute Gasteiger partial charge is 0.444 e. The Morgan fingerprint density at radius 2 is 1.88 bits per heavy atom. The molecule has 1 amide bonds. The number of sulfonamides is 1. The number of carbonyl (C=O) groups excluding carboxylic acids is 1. The van der Waals surface area contributed by atoms with Gasteiger partial charge in [0.2, 0.25) is 10.0 Å². The van der Waals surface area contributed by atoms with E-state index in [2.05, 4.69) is 15.2 Å². The zero-order chi connectivity index (χ0) is 19.4. The predicted octanol–water partition coefficient (Wildman–Crippen LogP) is 2.51. The highest BCUT2D eigenvalue weighted by Gasteiger charge is 2.26. The predicted molar refractivity (Wildman–Crippen MR) is 93.8 cm³/mol. The molecule has 0 saturated carbocycles. The molecule has 1 aromatic heterocycles. The van der Waals surface area contributed by atoms with Crippen LogP contribution in [0.2, 0.25) is 0 Å². The molecule has 9 heteroatoms. The highest BCUT2D eigenvalue weighted by atomic mass is 32.2. The molecule has 0 radical (unpaired) electrons. The molecule has 0 aliphatic heterocycles. The third-order valence-corrected chi connectivity index (χ3v) is 4.90. The first kappa shape index (κ1) is 21.4. The van der Waals surface area contributed by atoms with Crippen molar-refractivity contribution in [2.45, 2.75) is 71.4 Å². The van der Waals surface area contributed by atoms with Gasteiger partial charge in [0.25, 0.3) is 0 Å². The van der Waals surface area contributed by atoms with Gasteiger partial charge in [-0.2, -0.15) is 0 Å². The summed E-state index contributed by atoms with van der Waals surface area (Å²) >= 11 is 0. The van der Waals surface area contributed by atoms with E-state index in [9.17, 15) is 13.2 Å². The fraction of sp³-hybridized carbons (Fsp3) is 0.750. The lowest BCUT2D eigenvalue weighted by Gasteiger charge is -2.24. The standard InChI is InChI=1S/C16H29N3O5S/c1-10(2)8-13(18-15(20)23-16(5,6)7)9-17-25(21,22)14-11(3)19-24-12(14)4/h10,13,17H,8-9H2,1-7H3,(H,18,20)/t13-/m0/s1. The monoisotopic (exact) mass is 375 g/mol. The van der Waals surface area contributed by atoms with E-state index in [0.29, 0.717) is 12.1 Å². The summed E-state index contributed by atoms with van der Waals surface area (Å²) in [6, 6.07) is -0.398. The molecule has 1 aromatic rings. The van der Waals surface area contributed by atoms with Gasteiger partial charge in [-0.15, -0.1) is 0 Å². The van der Waals surface area contributed by atoms with Crippen LogP contribution >= 0.6 is 0 Å². The van der Waals surface area contributed by atoms with Gasteiger partial charge in [0, 0.05) is 12.6 Å². The summed E-state index contributed by atoms with van der Waals surface area (Å²) in [6.07, 6.45) is 0.0262. The van der Waals surface area contributed by atoms with Crippen molar-refractivity contribution in [3.8, 4) is 0 Å².